The van der Waals surface area contributed by atoms with Gasteiger partial charge < -0.3 is 16.4 Å². The summed E-state index contributed by atoms with van der Waals surface area (Å²) in [5, 5.41) is 10.9. The predicted molar refractivity (Wildman–Crippen MR) is 87.0 cm³/mol. The number of likely N-dealkylation sites (tertiary alicyclic amines) is 1. The van der Waals surface area contributed by atoms with E-state index in [-0.39, 0.29) is 47.2 Å². The number of halogens is 1. The van der Waals surface area contributed by atoms with E-state index in [1.807, 2.05) is 6.92 Å². The zero-order valence-corrected chi connectivity index (χ0v) is 13.2. The Balaban J connectivity index is 0.00000242. The number of carbonyl (C=O) groups is 1. The summed E-state index contributed by atoms with van der Waals surface area (Å²) in [6.45, 7) is 3.13. The Morgan fingerprint density at radius 2 is 2.18 bits per heavy atom. The Morgan fingerprint density at radius 3 is 2.77 bits per heavy atom. The van der Waals surface area contributed by atoms with Crippen LogP contribution in [0.4, 0.5) is 11.4 Å². The number of nitrogens with two attached hydrogens (primary N) is 2. The number of nitrogens with zero attached hydrogens (tertiary/aromatic N) is 2. The lowest BCUT2D eigenvalue weighted by molar-refractivity contribution is -0.383. The van der Waals surface area contributed by atoms with E-state index in [0.29, 0.717) is 13.1 Å². The third kappa shape index (κ3) is 3.66. The van der Waals surface area contributed by atoms with E-state index in [4.69, 9.17) is 11.5 Å². The van der Waals surface area contributed by atoms with Gasteiger partial charge >= 0.3 is 0 Å². The molecule has 1 amide bonds. The molecule has 7 nitrogen and oxygen atoms in total. The van der Waals surface area contributed by atoms with Gasteiger partial charge in [-0.05, 0) is 31.7 Å². The minimum Gasteiger partial charge on any atom is -0.393 e. The first-order chi connectivity index (χ1) is 9.91. The minimum atomic E-state index is -0.576. The molecule has 2 unspecified atom stereocenters. The first-order valence-corrected chi connectivity index (χ1v) is 6.99. The largest absolute Gasteiger partial charge is 0.393 e. The average molecular weight is 329 g/mol. The lowest BCUT2D eigenvalue weighted by Gasteiger charge is -2.34. The highest BCUT2D eigenvalue weighted by atomic mass is 35.5. The molecule has 22 heavy (non-hydrogen) atoms. The molecular formula is C14H21ClN4O3. The Hall–Kier alpha value is -1.86. The fourth-order valence-electron chi connectivity index (χ4n) is 2.69. The first-order valence-electron chi connectivity index (χ1n) is 6.99. The van der Waals surface area contributed by atoms with Crippen LogP contribution in [0.1, 0.15) is 30.1 Å². The van der Waals surface area contributed by atoms with Crippen LogP contribution < -0.4 is 11.5 Å². The van der Waals surface area contributed by atoms with Crippen LogP contribution in [0.15, 0.2) is 18.2 Å². The zero-order chi connectivity index (χ0) is 15.6. The maximum atomic E-state index is 12.5. The number of amides is 1. The van der Waals surface area contributed by atoms with Gasteiger partial charge in [-0.15, -0.1) is 12.4 Å². The lowest BCUT2D eigenvalue weighted by atomic mass is 9.91. The SMILES string of the molecule is CC(N)C1CCCN(C(=O)c2cccc([N+](=O)[O-])c2N)C1.Cl. The number of nitro benzene ring substituents is 1. The number of anilines is 1. The molecule has 0 spiro atoms. The fraction of sp³-hybridized carbons (Fsp3) is 0.500. The van der Waals surface area contributed by atoms with Crippen molar-refractivity contribution < 1.29 is 9.72 Å². The number of nitrogen functional groups attached to an aromatic ring is 1. The Kier molecular flexibility index (Phi) is 6.13. The monoisotopic (exact) mass is 328 g/mol. The van der Waals surface area contributed by atoms with Crippen LogP contribution in [-0.4, -0.2) is 34.9 Å². The molecule has 1 aliphatic heterocycles. The number of carbonyl (C=O) groups excluding carboxylic acids is 1. The van der Waals surface area contributed by atoms with Crippen LogP contribution in [0.2, 0.25) is 0 Å². The van der Waals surface area contributed by atoms with Gasteiger partial charge in [0.1, 0.15) is 5.69 Å². The summed E-state index contributed by atoms with van der Waals surface area (Å²) in [4.78, 5) is 24.6. The first kappa shape index (κ1) is 18.2. The average Bonchev–Trinajstić information content (AvgIpc) is 2.46. The van der Waals surface area contributed by atoms with Gasteiger partial charge in [-0.3, -0.25) is 14.9 Å². The number of para-hydroxylation sites is 1. The van der Waals surface area contributed by atoms with Crippen molar-refractivity contribution in [2.75, 3.05) is 18.8 Å². The van der Waals surface area contributed by atoms with Crippen molar-refractivity contribution in [1.82, 2.24) is 4.90 Å². The molecule has 0 saturated carbocycles. The van der Waals surface area contributed by atoms with Gasteiger partial charge in [0.05, 0.1) is 10.5 Å². The maximum absolute atomic E-state index is 12.5. The highest BCUT2D eigenvalue weighted by Gasteiger charge is 2.28. The standard InChI is InChI=1S/C14H20N4O3.ClH/c1-9(15)10-4-3-7-17(8-10)14(19)11-5-2-6-12(13(11)16)18(20)21;/h2,5-6,9-10H,3-4,7-8,15-16H2,1H3;1H. The smallest absolute Gasteiger partial charge is 0.292 e. The summed E-state index contributed by atoms with van der Waals surface area (Å²) in [6, 6.07) is 4.32. The van der Waals surface area contributed by atoms with E-state index in [2.05, 4.69) is 0 Å². The predicted octanol–water partition coefficient (Wildman–Crippen LogP) is 1.80. The van der Waals surface area contributed by atoms with E-state index in [1.54, 1.807) is 4.90 Å². The molecule has 1 fully saturated rings. The van der Waals surface area contributed by atoms with E-state index in [0.717, 1.165) is 12.8 Å². The summed E-state index contributed by atoms with van der Waals surface area (Å²) in [5.41, 5.74) is 11.6. The molecule has 0 aromatic heterocycles. The molecule has 0 radical (unpaired) electrons. The Labute approximate surface area is 135 Å². The Bertz CT molecular complexity index is 565. The van der Waals surface area contributed by atoms with Gasteiger partial charge in [-0.1, -0.05) is 6.07 Å². The Morgan fingerprint density at radius 1 is 1.50 bits per heavy atom. The fourth-order valence-corrected chi connectivity index (χ4v) is 2.69. The van der Waals surface area contributed by atoms with Gasteiger partial charge in [-0.2, -0.15) is 0 Å². The molecule has 8 heteroatoms. The third-order valence-electron chi connectivity index (χ3n) is 4.00. The molecule has 0 aliphatic carbocycles. The van der Waals surface area contributed by atoms with Gasteiger partial charge in [0.15, 0.2) is 0 Å². The van der Waals surface area contributed by atoms with Gasteiger partial charge in [0.25, 0.3) is 11.6 Å². The summed E-state index contributed by atoms with van der Waals surface area (Å²) in [7, 11) is 0. The van der Waals surface area contributed by atoms with Crippen molar-refractivity contribution in [3.63, 3.8) is 0 Å². The molecule has 4 N–H and O–H groups in total. The zero-order valence-electron chi connectivity index (χ0n) is 12.4. The molecule has 0 bridgehead atoms. The third-order valence-corrected chi connectivity index (χ3v) is 4.00. The van der Waals surface area contributed by atoms with Crippen LogP contribution in [0.3, 0.4) is 0 Å². The summed E-state index contributed by atoms with van der Waals surface area (Å²) < 4.78 is 0. The lowest BCUT2D eigenvalue weighted by Crippen LogP contribution is -2.45. The van der Waals surface area contributed by atoms with E-state index in [1.165, 1.54) is 18.2 Å². The second-order valence-corrected chi connectivity index (χ2v) is 5.51. The van der Waals surface area contributed by atoms with Crippen LogP contribution >= 0.6 is 12.4 Å². The second-order valence-electron chi connectivity index (χ2n) is 5.51. The van der Waals surface area contributed by atoms with Gasteiger partial charge in [-0.25, -0.2) is 0 Å². The molecule has 1 aliphatic rings. The molecule has 122 valence electrons. The van der Waals surface area contributed by atoms with Crippen molar-refractivity contribution in [2.24, 2.45) is 11.7 Å². The van der Waals surface area contributed by atoms with E-state index in [9.17, 15) is 14.9 Å². The quantitative estimate of drug-likeness (QED) is 0.498. The molecule has 1 aromatic carbocycles. The summed E-state index contributed by atoms with van der Waals surface area (Å²) in [6.07, 6.45) is 1.87. The van der Waals surface area contributed by atoms with Crippen LogP contribution in [0.25, 0.3) is 0 Å². The van der Waals surface area contributed by atoms with Crippen LogP contribution in [-0.2, 0) is 0 Å². The van der Waals surface area contributed by atoms with Crippen molar-refractivity contribution in [3.05, 3.63) is 33.9 Å². The highest BCUT2D eigenvalue weighted by molar-refractivity contribution is 6.01. The number of benzene rings is 1. The second kappa shape index (κ2) is 7.42. The minimum absolute atomic E-state index is 0. The molecule has 1 saturated heterocycles. The van der Waals surface area contributed by atoms with Gasteiger partial charge in [0.2, 0.25) is 0 Å². The van der Waals surface area contributed by atoms with Crippen LogP contribution in [0, 0.1) is 16.0 Å². The number of hydrogen-bond donors (Lipinski definition) is 2. The number of rotatable bonds is 3. The molecular weight excluding hydrogens is 308 g/mol. The van der Waals surface area contributed by atoms with Crippen LogP contribution in [0.5, 0.6) is 0 Å². The summed E-state index contributed by atoms with van der Waals surface area (Å²) >= 11 is 0. The molecule has 1 aromatic rings. The van der Waals surface area contributed by atoms with E-state index >= 15 is 0 Å². The molecule has 2 atom stereocenters. The molecule has 2 rings (SSSR count). The van der Waals surface area contributed by atoms with E-state index < -0.39 is 4.92 Å². The number of nitro groups is 1. The number of hydrogen-bond acceptors (Lipinski definition) is 5. The van der Waals surface area contributed by atoms with Crippen molar-refractivity contribution >= 4 is 29.7 Å². The number of piperidine rings is 1. The maximum Gasteiger partial charge on any atom is 0.292 e. The normalized spacial score (nSPS) is 19.2. The van der Waals surface area contributed by atoms with Crippen molar-refractivity contribution in [1.29, 1.82) is 0 Å². The van der Waals surface area contributed by atoms with Gasteiger partial charge in [0, 0.05) is 25.2 Å². The topological polar surface area (TPSA) is 115 Å². The highest BCUT2D eigenvalue weighted by Crippen LogP contribution is 2.27. The summed E-state index contributed by atoms with van der Waals surface area (Å²) in [5.74, 6) is -0.0100. The van der Waals surface area contributed by atoms with Crippen molar-refractivity contribution in [3.8, 4) is 0 Å². The molecule has 1 heterocycles. The van der Waals surface area contributed by atoms with Crippen molar-refractivity contribution in [2.45, 2.75) is 25.8 Å².